The first kappa shape index (κ1) is 32.6. The maximum Gasteiger partial charge on any atom is 0.237 e. The summed E-state index contributed by atoms with van der Waals surface area (Å²) >= 11 is 12.9. The molecule has 2 aromatic rings. The van der Waals surface area contributed by atoms with Crippen molar-refractivity contribution in [2.45, 2.75) is 49.7 Å². The van der Waals surface area contributed by atoms with Gasteiger partial charge in [0.25, 0.3) is 0 Å². The summed E-state index contributed by atoms with van der Waals surface area (Å²) < 4.78 is 29.8. The van der Waals surface area contributed by atoms with Gasteiger partial charge in [0.1, 0.15) is 27.1 Å². The zero-order chi connectivity index (χ0) is 32.6. The van der Waals surface area contributed by atoms with E-state index in [0.717, 1.165) is 31.5 Å². The van der Waals surface area contributed by atoms with Gasteiger partial charge < -0.3 is 20.3 Å². The number of piperidine rings is 2. The van der Waals surface area contributed by atoms with Crippen molar-refractivity contribution in [3.05, 3.63) is 81.4 Å². The molecule has 46 heavy (non-hydrogen) atoms. The van der Waals surface area contributed by atoms with Crippen LogP contribution >= 0.6 is 23.2 Å². The monoisotopic (exact) mass is 681 g/mol. The third kappa shape index (κ3) is 6.46. The van der Waals surface area contributed by atoms with E-state index in [0.29, 0.717) is 52.0 Å². The van der Waals surface area contributed by atoms with Crippen molar-refractivity contribution in [2.75, 3.05) is 37.0 Å². The van der Waals surface area contributed by atoms with Gasteiger partial charge in [-0.3, -0.25) is 9.59 Å². The van der Waals surface area contributed by atoms with E-state index >= 15 is 0 Å². The maximum atomic E-state index is 14.5. The zero-order valence-corrected chi connectivity index (χ0v) is 27.9. The van der Waals surface area contributed by atoms with Gasteiger partial charge in [0, 0.05) is 52.6 Å². The van der Waals surface area contributed by atoms with Crippen molar-refractivity contribution in [3.63, 3.8) is 0 Å². The summed E-state index contributed by atoms with van der Waals surface area (Å²) in [5.74, 6) is 2.45. The molecule has 11 heteroatoms. The topological polar surface area (TPSA) is 105 Å². The molecular weight excluding hydrogens is 645 g/mol. The molecule has 3 heterocycles. The third-order valence-corrected chi connectivity index (χ3v) is 11.2. The molecule has 2 aromatic carbocycles. The molecule has 4 atom stereocenters. The number of amides is 2. The Morgan fingerprint density at radius 3 is 2.61 bits per heavy atom. The molecule has 1 spiro atoms. The van der Waals surface area contributed by atoms with Crippen LogP contribution < -0.4 is 15.4 Å². The highest BCUT2D eigenvalue weighted by atomic mass is 35.5. The maximum absolute atomic E-state index is 14.5. The number of nitrogens with zero attached hydrogens (tertiary/aromatic N) is 1. The van der Waals surface area contributed by atoms with Gasteiger partial charge in [-0.25, -0.2) is 8.42 Å². The minimum Gasteiger partial charge on any atom is -0.490 e. The molecule has 242 valence electrons. The zero-order valence-electron chi connectivity index (χ0n) is 25.6. The lowest BCUT2D eigenvalue weighted by atomic mass is 9.57. The second-order valence-corrected chi connectivity index (χ2v) is 15.9. The molecule has 1 aliphatic carbocycles. The molecule has 0 aromatic heterocycles. The van der Waals surface area contributed by atoms with Crippen LogP contribution in [0, 0.1) is 24.2 Å². The smallest absolute Gasteiger partial charge is 0.237 e. The Kier molecular flexibility index (Phi) is 9.28. The Bertz CT molecular complexity index is 1760. The van der Waals surface area contributed by atoms with Crippen LogP contribution in [0.25, 0.3) is 0 Å². The number of terminal acetylenes is 1. The van der Waals surface area contributed by atoms with Crippen molar-refractivity contribution in [1.29, 1.82) is 0 Å². The molecule has 0 saturated carbocycles. The second-order valence-electron chi connectivity index (χ2n) is 12.7. The Morgan fingerprint density at radius 2 is 1.89 bits per heavy atom. The van der Waals surface area contributed by atoms with E-state index in [1.54, 1.807) is 12.1 Å². The summed E-state index contributed by atoms with van der Waals surface area (Å²) in [7, 11) is -2.99. The van der Waals surface area contributed by atoms with Crippen LogP contribution in [0.2, 0.25) is 5.02 Å². The fourth-order valence-corrected chi connectivity index (χ4v) is 8.67. The summed E-state index contributed by atoms with van der Waals surface area (Å²) in [4.78, 5) is 30.3. The molecule has 1 unspecified atom stereocenters. The number of anilines is 1. The van der Waals surface area contributed by atoms with Crippen LogP contribution in [0.1, 0.15) is 54.8 Å². The predicted octanol–water partition coefficient (Wildman–Crippen LogP) is 5.37. The third-order valence-electron chi connectivity index (χ3n) is 9.69. The molecule has 2 N–H and O–H groups in total. The van der Waals surface area contributed by atoms with Crippen molar-refractivity contribution >= 4 is 50.5 Å². The van der Waals surface area contributed by atoms with Crippen LogP contribution in [0.4, 0.5) is 5.69 Å². The van der Waals surface area contributed by atoms with Gasteiger partial charge >= 0.3 is 0 Å². The van der Waals surface area contributed by atoms with Gasteiger partial charge in [0.15, 0.2) is 0 Å². The first-order valence-corrected chi connectivity index (χ1v) is 18.4. The van der Waals surface area contributed by atoms with E-state index in [1.807, 2.05) is 42.5 Å². The molecule has 2 saturated heterocycles. The molecule has 2 amide bonds. The molecule has 0 bridgehead atoms. The van der Waals surface area contributed by atoms with Gasteiger partial charge in [0.2, 0.25) is 11.8 Å². The second kappa shape index (κ2) is 13.1. The number of likely N-dealkylation sites (tertiary alicyclic amines) is 1. The first-order valence-electron chi connectivity index (χ1n) is 15.6. The minimum atomic E-state index is -2.99. The predicted molar refractivity (Wildman–Crippen MR) is 181 cm³/mol. The van der Waals surface area contributed by atoms with E-state index in [9.17, 15) is 18.0 Å². The standard InChI is InChI=1S/C35H37Cl2N3O5S/c1-3-22-8-11-31(45-26-12-15-40(16-13-26)14-5-17-46(2,43)44)27(18-22)33-35(28-10-9-25(37)20-30(28)38-34(35)42)29(21-32(41)39-33)23-6-4-7-24(36)19-23/h1,4,6-11,18,20,23,26,29,33H,5,12-17,19,21H2,2H3,(H,38,42)(H,39,41)/t23?,29-,33-,35-/m0/s1. The highest BCUT2D eigenvalue weighted by Gasteiger charge is 2.62. The summed E-state index contributed by atoms with van der Waals surface area (Å²) in [5, 5.41) is 7.44. The molecule has 3 aliphatic heterocycles. The number of allylic oxidation sites excluding steroid dienone is 4. The highest BCUT2D eigenvalue weighted by molar-refractivity contribution is 7.90. The van der Waals surface area contributed by atoms with E-state index in [4.69, 9.17) is 34.4 Å². The number of carbonyl (C=O) groups is 2. The first-order chi connectivity index (χ1) is 22.0. The van der Waals surface area contributed by atoms with Crippen LogP contribution in [0.5, 0.6) is 5.75 Å². The van der Waals surface area contributed by atoms with Crippen LogP contribution in [0.3, 0.4) is 0 Å². The number of hydrogen-bond acceptors (Lipinski definition) is 6. The lowest BCUT2D eigenvalue weighted by Gasteiger charge is -2.49. The largest absolute Gasteiger partial charge is 0.490 e. The van der Waals surface area contributed by atoms with Crippen molar-refractivity contribution in [2.24, 2.45) is 11.8 Å². The lowest BCUT2D eigenvalue weighted by molar-refractivity contribution is -0.135. The van der Waals surface area contributed by atoms with Crippen LogP contribution in [-0.4, -0.2) is 62.9 Å². The van der Waals surface area contributed by atoms with Gasteiger partial charge in [-0.05, 0) is 86.0 Å². The van der Waals surface area contributed by atoms with E-state index < -0.39 is 27.2 Å². The van der Waals surface area contributed by atoms with E-state index in [-0.39, 0.29) is 36.0 Å². The average Bonchev–Trinajstić information content (AvgIpc) is 3.29. The lowest BCUT2D eigenvalue weighted by Crippen LogP contribution is -2.59. The van der Waals surface area contributed by atoms with Gasteiger partial charge in [0.05, 0.1) is 11.8 Å². The summed E-state index contributed by atoms with van der Waals surface area (Å²) in [6, 6.07) is 10.1. The number of sulfone groups is 1. The Morgan fingerprint density at radius 1 is 1.11 bits per heavy atom. The van der Waals surface area contributed by atoms with E-state index in [2.05, 4.69) is 21.5 Å². The number of benzene rings is 2. The van der Waals surface area contributed by atoms with Crippen molar-refractivity contribution in [1.82, 2.24) is 10.2 Å². The van der Waals surface area contributed by atoms with E-state index in [1.165, 1.54) is 6.26 Å². The number of rotatable bonds is 8. The van der Waals surface area contributed by atoms with Crippen molar-refractivity contribution < 1.29 is 22.7 Å². The number of ether oxygens (including phenoxy) is 1. The molecular formula is C35H37Cl2N3O5S. The average molecular weight is 683 g/mol. The summed E-state index contributed by atoms with van der Waals surface area (Å²) in [6.45, 7) is 2.27. The van der Waals surface area contributed by atoms with Crippen LogP contribution in [0.15, 0.2) is 59.7 Å². The number of halogens is 2. The van der Waals surface area contributed by atoms with Gasteiger partial charge in [-0.1, -0.05) is 47.3 Å². The number of hydrogen-bond donors (Lipinski definition) is 2. The Hall–Kier alpha value is -3.29. The Labute approximate surface area is 280 Å². The quantitative estimate of drug-likeness (QED) is 0.364. The van der Waals surface area contributed by atoms with Crippen LogP contribution in [-0.2, 0) is 24.8 Å². The fraction of sp³-hybridized carbons (Fsp3) is 0.429. The minimum absolute atomic E-state index is 0.110. The number of carbonyl (C=O) groups excluding carboxylic acids is 2. The van der Waals surface area contributed by atoms with Gasteiger partial charge in [-0.2, -0.15) is 0 Å². The van der Waals surface area contributed by atoms with Crippen molar-refractivity contribution in [3.8, 4) is 18.1 Å². The molecule has 2 fully saturated rings. The molecule has 0 radical (unpaired) electrons. The molecule has 4 aliphatic rings. The number of fused-ring (bicyclic) bond motifs is 2. The Balaban J connectivity index is 1.37. The van der Waals surface area contributed by atoms with Gasteiger partial charge in [-0.15, -0.1) is 6.42 Å². The molecule has 8 nitrogen and oxygen atoms in total. The summed E-state index contributed by atoms with van der Waals surface area (Å²) in [6.07, 6.45) is 15.5. The normalized spacial score (nSPS) is 26.7. The molecule has 6 rings (SSSR count). The fourth-order valence-electron chi connectivity index (χ4n) is 7.60. The summed E-state index contributed by atoms with van der Waals surface area (Å²) in [5.41, 5.74) is 1.42. The SMILES string of the molecule is C#Cc1ccc(OC2CCN(CCCS(C)(=O)=O)CC2)c([C@@H]2NC(=O)C[C@@H](C3C=CC=C(Cl)C3)[C@]23C(=O)Nc2cc(Cl)ccc23)c1. The highest BCUT2D eigenvalue weighted by Crippen LogP contribution is 2.58. The number of nitrogens with one attached hydrogen (secondary N) is 2.